The molecule has 0 aliphatic rings. The Kier molecular flexibility index (Phi) is 3.69. The van der Waals surface area contributed by atoms with Crippen molar-refractivity contribution >= 4 is 16.9 Å². The zero-order valence-corrected chi connectivity index (χ0v) is 11.6. The van der Waals surface area contributed by atoms with E-state index in [2.05, 4.69) is 9.72 Å². The highest BCUT2D eigenvalue weighted by Gasteiger charge is 2.16. The van der Waals surface area contributed by atoms with Crippen molar-refractivity contribution in [1.82, 2.24) is 4.98 Å². The summed E-state index contributed by atoms with van der Waals surface area (Å²) >= 11 is 0. The van der Waals surface area contributed by atoms with Crippen molar-refractivity contribution < 1.29 is 14.3 Å². The number of hydrogen-bond donors (Lipinski definition) is 0. The molecule has 4 heteroatoms. The minimum absolute atomic E-state index is 0.393. The van der Waals surface area contributed by atoms with Gasteiger partial charge in [0, 0.05) is 17.1 Å². The number of nitrogens with zero attached hydrogens (tertiary/aromatic N) is 1. The van der Waals surface area contributed by atoms with Crippen molar-refractivity contribution in [3.8, 4) is 5.75 Å². The van der Waals surface area contributed by atoms with Gasteiger partial charge in [0.1, 0.15) is 5.75 Å². The number of rotatable bonds is 3. The highest BCUT2D eigenvalue weighted by atomic mass is 16.6. The second-order valence-electron chi connectivity index (χ2n) is 4.57. The molecular weight excluding hydrogens is 242 g/mol. The first-order valence-corrected chi connectivity index (χ1v) is 6.13. The van der Waals surface area contributed by atoms with E-state index in [1.54, 1.807) is 6.92 Å². The Labute approximate surface area is 112 Å². The molecular formula is C15H17NO3. The van der Waals surface area contributed by atoms with Gasteiger partial charge in [0.25, 0.3) is 0 Å². The molecule has 0 saturated heterocycles. The van der Waals surface area contributed by atoms with Gasteiger partial charge in [-0.3, -0.25) is 4.98 Å². The summed E-state index contributed by atoms with van der Waals surface area (Å²) in [5.74, 6) is 0.263. The van der Waals surface area contributed by atoms with E-state index in [9.17, 15) is 4.79 Å². The minimum Gasteiger partial charge on any atom is -0.478 e. The van der Waals surface area contributed by atoms with E-state index in [0.29, 0.717) is 5.75 Å². The Hall–Kier alpha value is -2.10. The number of ether oxygens (including phenoxy) is 2. The maximum Gasteiger partial charge on any atom is 0.346 e. The molecule has 1 heterocycles. The molecule has 100 valence electrons. The van der Waals surface area contributed by atoms with Gasteiger partial charge in [-0.2, -0.15) is 0 Å². The molecule has 0 N–H and O–H groups in total. The first-order chi connectivity index (χ1) is 9.01. The summed E-state index contributed by atoms with van der Waals surface area (Å²) in [7, 11) is 1.35. The number of carbonyl (C=O) groups is 1. The van der Waals surface area contributed by atoms with Gasteiger partial charge in [-0.15, -0.1) is 0 Å². The number of fused-ring (bicyclic) bond motifs is 1. The van der Waals surface area contributed by atoms with E-state index in [1.807, 2.05) is 38.1 Å². The molecule has 1 atom stereocenters. The third kappa shape index (κ3) is 2.84. The molecule has 0 amide bonds. The molecule has 0 aliphatic carbocycles. The van der Waals surface area contributed by atoms with Gasteiger partial charge in [0.2, 0.25) is 0 Å². The summed E-state index contributed by atoms with van der Waals surface area (Å²) in [6.45, 7) is 5.57. The van der Waals surface area contributed by atoms with Crippen LogP contribution >= 0.6 is 0 Å². The number of esters is 1. The smallest absolute Gasteiger partial charge is 0.346 e. The molecule has 19 heavy (non-hydrogen) atoms. The maximum atomic E-state index is 11.4. The SMILES string of the molecule is COC(=O)C(C)Oc1cc(C)nc2ccc(C)cc12. The topological polar surface area (TPSA) is 48.4 Å². The van der Waals surface area contributed by atoms with Crippen molar-refractivity contribution in [3.05, 3.63) is 35.5 Å². The zero-order valence-electron chi connectivity index (χ0n) is 11.6. The van der Waals surface area contributed by atoms with Crippen LogP contribution in [0.1, 0.15) is 18.2 Å². The van der Waals surface area contributed by atoms with Crippen molar-refractivity contribution in [2.45, 2.75) is 26.9 Å². The summed E-state index contributed by atoms with van der Waals surface area (Å²) in [6.07, 6.45) is -0.643. The fourth-order valence-corrected chi connectivity index (χ4v) is 1.94. The highest BCUT2D eigenvalue weighted by Crippen LogP contribution is 2.27. The lowest BCUT2D eigenvalue weighted by Crippen LogP contribution is -2.25. The summed E-state index contributed by atoms with van der Waals surface area (Å²) in [4.78, 5) is 15.9. The van der Waals surface area contributed by atoms with E-state index in [-0.39, 0.29) is 0 Å². The predicted octanol–water partition coefficient (Wildman–Crippen LogP) is 2.79. The van der Waals surface area contributed by atoms with Gasteiger partial charge >= 0.3 is 5.97 Å². The summed E-state index contributed by atoms with van der Waals surface area (Å²) < 4.78 is 10.4. The molecule has 1 aromatic carbocycles. The monoisotopic (exact) mass is 259 g/mol. The molecule has 1 aromatic heterocycles. The van der Waals surface area contributed by atoms with Crippen LogP contribution in [0.5, 0.6) is 5.75 Å². The van der Waals surface area contributed by atoms with Crippen LogP contribution in [0.15, 0.2) is 24.3 Å². The van der Waals surface area contributed by atoms with Gasteiger partial charge in [0.05, 0.1) is 12.6 Å². The second-order valence-corrected chi connectivity index (χ2v) is 4.57. The van der Waals surface area contributed by atoms with Crippen molar-refractivity contribution in [2.75, 3.05) is 7.11 Å². The van der Waals surface area contributed by atoms with E-state index >= 15 is 0 Å². The number of aryl methyl sites for hydroxylation is 2. The molecule has 0 saturated carbocycles. The summed E-state index contributed by atoms with van der Waals surface area (Å²) in [5.41, 5.74) is 2.83. The minimum atomic E-state index is -0.643. The fraction of sp³-hybridized carbons (Fsp3) is 0.333. The van der Waals surface area contributed by atoms with Gasteiger partial charge in [-0.05, 0) is 32.9 Å². The van der Waals surface area contributed by atoms with Gasteiger partial charge in [-0.1, -0.05) is 11.6 Å². The number of benzene rings is 1. The number of carbonyl (C=O) groups excluding carboxylic acids is 1. The number of methoxy groups -OCH3 is 1. The highest BCUT2D eigenvalue weighted by molar-refractivity contribution is 5.86. The average molecular weight is 259 g/mol. The van der Waals surface area contributed by atoms with E-state index in [0.717, 1.165) is 22.2 Å². The van der Waals surface area contributed by atoms with E-state index < -0.39 is 12.1 Å². The first kappa shape index (κ1) is 13.3. The molecule has 0 bridgehead atoms. The predicted molar refractivity (Wildman–Crippen MR) is 73.3 cm³/mol. The van der Waals surface area contributed by atoms with Gasteiger partial charge in [-0.25, -0.2) is 4.79 Å². The molecule has 2 rings (SSSR count). The van der Waals surface area contributed by atoms with Crippen molar-refractivity contribution in [2.24, 2.45) is 0 Å². The fourth-order valence-electron chi connectivity index (χ4n) is 1.94. The van der Waals surface area contributed by atoms with Crippen molar-refractivity contribution in [3.63, 3.8) is 0 Å². The standard InChI is InChI=1S/C15H17NO3/c1-9-5-6-13-12(7-9)14(8-10(2)16-13)19-11(3)15(17)18-4/h5-8,11H,1-4H3. The zero-order chi connectivity index (χ0) is 14.0. The first-order valence-electron chi connectivity index (χ1n) is 6.13. The average Bonchev–Trinajstić information content (AvgIpc) is 2.38. The Bertz CT molecular complexity index is 622. The summed E-state index contributed by atoms with van der Waals surface area (Å²) in [5, 5.41) is 0.904. The Morgan fingerprint density at radius 2 is 2.00 bits per heavy atom. The van der Waals surface area contributed by atoms with Crippen LogP contribution in [0.25, 0.3) is 10.9 Å². The maximum absolute atomic E-state index is 11.4. The van der Waals surface area contributed by atoms with Crippen LogP contribution in [-0.2, 0) is 9.53 Å². The number of hydrogen-bond acceptors (Lipinski definition) is 4. The summed E-state index contributed by atoms with van der Waals surface area (Å²) in [6, 6.07) is 7.79. The second kappa shape index (κ2) is 5.26. The van der Waals surface area contributed by atoms with Crippen molar-refractivity contribution in [1.29, 1.82) is 0 Å². The quantitative estimate of drug-likeness (QED) is 0.795. The van der Waals surface area contributed by atoms with E-state index in [4.69, 9.17) is 4.74 Å². The Morgan fingerprint density at radius 3 is 2.68 bits per heavy atom. The molecule has 0 radical (unpaired) electrons. The van der Waals surface area contributed by atoms with E-state index in [1.165, 1.54) is 7.11 Å². The lowest BCUT2D eigenvalue weighted by atomic mass is 10.1. The van der Waals surface area contributed by atoms with Crippen LogP contribution in [-0.4, -0.2) is 24.2 Å². The van der Waals surface area contributed by atoms with Crippen LogP contribution in [0.4, 0.5) is 0 Å². The lowest BCUT2D eigenvalue weighted by molar-refractivity contribution is -0.147. The Morgan fingerprint density at radius 1 is 1.26 bits per heavy atom. The third-order valence-corrected chi connectivity index (χ3v) is 2.89. The normalized spacial score (nSPS) is 12.2. The molecule has 0 spiro atoms. The third-order valence-electron chi connectivity index (χ3n) is 2.89. The molecule has 0 aliphatic heterocycles. The molecule has 4 nitrogen and oxygen atoms in total. The Balaban J connectivity index is 2.46. The lowest BCUT2D eigenvalue weighted by Gasteiger charge is -2.15. The van der Waals surface area contributed by atoms with Crippen LogP contribution < -0.4 is 4.74 Å². The number of aromatic nitrogens is 1. The molecule has 1 unspecified atom stereocenters. The molecule has 0 fully saturated rings. The number of pyridine rings is 1. The van der Waals surface area contributed by atoms with Crippen LogP contribution in [0.2, 0.25) is 0 Å². The van der Waals surface area contributed by atoms with Crippen LogP contribution in [0, 0.1) is 13.8 Å². The molecule has 2 aromatic rings. The largest absolute Gasteiger partial charge is 0.478 e. The van der Waals surface area contributed by atoms with Crippen LogP contribution in [0.3, 0.4) is 0 Å². The van der Waals surface area contributed by atoms with Gasteiger partial charge < -0.3 is 9.47 Å². The van der Waals surface area contributed by atoms with Gasteiger partial charge in [0.15, 0.2) is 6.10 Å².